The Kier molecular flexibility index (Phi) is 6.47. The number of oxime groups is 1. The Bertz CT molecular complexity index is 206. The number of nitrogens with one attached hydrogen (secondary N) is 2. The Labute approximate surface area is 83.5 Å². The van der Waals surface area contributed by atoms with Crippen molar-refractivity contribution in [2.45, 2.75) is 25.8 Å². The third-order valence-electron chi connectivity index (χ3n) is 1.91. The third-order valence-corrected chi connectivity index (χ3v) is 1.91. The van der Waals surface area contributed by atoms with E-state index in [0.29, 0.717) is 6.42 Å². The lowest BCUT2D eigenvalue weighted by Crippen LogP contribution is -2.39. The molecule has 0 saturated carbocycles. The fourth-order valence-corrected chi connectivity index (χ4v) is 0.980. The fourth-order valence-electron chi connectivity index (χ4n) is 0.980. The van der Waals surface area contributed by atoms with Gasteiger partial charge in [-0.05, 0) is 6.42 Å². The monoisotopic (exact) mass is 202 g/mol. The van der Waals surface area contributed by atoms with Gasteiger partial charge in [-0.25, -0.2) is 0 Å². The predicted molar refractivity (Wildman–Crippen MR) is 54.2 cm³/mol. The number of hydrogen-bond donors (Lipinski definition) is 4. The Morgan fingerprint density at radius 1 is 1.64 bits per heavy atom. The second kappa shape index (κ2) is 7.14. The van der Waals surface area contributed by atoms with Crippen LogP contribution in [0, 0.1) is 0 Å². The average Bonchev–Trinajstić information content (AvgIpc) is 2.22. The molecule has 1 atom stereocenters. The van der Waals surface area contributed by atoms with Crippen LogP contribution in [0.2, 0.25) is 0 Å². The van der Waals surface area contributed by atoms with Gasteiger partial charge >= 0.3 is 0 Å². The highest BCUT2D eigenvalue weighted by atomic mass is 16.4. The molecule has 0 rings (SSSR count). The molecule has 5 N–H and O–H groups in total. The predicted octanol–water partition coefficient (Wildman–Crippen LogP) is -0.763. The third kappa shape index (κ3) is 5.36. The Morgan fingerprint density at radius 3 is 2.71 bits per heavy atom. The van der Waals surface area contributed by atoms with Gasteiger partial charge in [0.05, 0.1) is 6.54 Å². The van der Waals surface area contributed by atoms with Gasteiger partial charge < -0.3 is 21.6 Å². The Hall–Kier alpha value is -1.30. The smallest absolute Gasteiger partial charge is 0.233 e. The molecule has 0 aromatic rings. The molecular weight excluding hydrogens is 184 g/mol. The summed E-state index contributed by atoms with van der Waals surface area (Å²) >= 11 is 0. The first-order valence-electron chi connectivity index (χ1n) is 4.54. The van der Waals surface area contributed by atoms with Gasteiger partial charge in [-0.3, -0.25) is 4.79 Å². The average molecular weight is 202 g/mol. The second-order valence-electron chi connectivity index (χ2n) is 2.95. The van der Waals surface area contributed by atoms with Crippen molar-refractivity contribution in [3.8, 4) is 0 Å². The molecule has 6 nitrogen and oxygen atoms in total. The highest BCUT2D eigenvalue weighted by molar-refractivity contribution is 5.80. The van der Waals surface area contributed by atoms with E-state index in [1.165, 1.54) is 0 Å². The largest absolute Gasteiger partial charge is 0.409 e. The number of carbonyl (C=O) groups excluding carboxylic acids is 1. The van der Waals surface area contributed by atoms with Crippen molar-refractivity contribution < 1.29 is 10.0 Å². The first-order valence-corrected chi connectivity index (χ1v) is 4.54. The van der Waals surface area contributed by atoms with Crippen molar-refractivity contribution in [2.75, 3.05) is 13.6 Å². The van der Waals surface area contributed by atoms with Crippen LogP contribution in [0.3, 0.4) is 0 Å². The second-order valence-corrected chi connectivity index (χ2v) is 2.95. The number of rotatable bonds is 6. The first-order chi connectivity index (χ1) is 6.63. The topological polar surface area (TPSA) is 99.7 Å². The van der Waals surface area contributed by atoms with Crippen LogP contribution >= 0.6 is 0 Å². The molecule has 0 radical (unpaired) electrons. The zero-order chi connectivity index (χ0) is 11.0. The lowest BCUT2D eigenvalue weighted by atomic mass is 10.1. The minimum Gasteiger partial charge on any atom is -0.409 e. The number of nitrogens with zero attached hydrogens (tertiary/aromatic N) is 1. The number of amides is 1. The van der Waals surface area contributed by atoms with Crippen LogP contribution in [0.15, 0.2) is 5.16 Å². The molecule has 6 heteroatoms. The highest BCUT2D eigenvalue weighted by Crippen LogP contribution is 1.96. The molecule has 0 aromatic heterocycles. The van der Waals surface area contributed by atoms with E-state index in [2.05, 4.69) is 15.8 Å². The summed E-state index contributed by atoms with van der Waals surface area (Å²) in [5.41, 5.74) is 5.35. The van der Waals surface area contributed by atoms with Crippen molar-refractivity contribution in [1.29, 1.82) is 0 Å². The van der Waals surface area contributed by atoms with Crippen LogP contribution in [0.25, 0.3) is 0 Å². The van der Waals surface area contributed by atoms with E-state index in [4.69, 9.17) is 10.9 Å². The Morgan fingerprint density at radius 2 is 2.29 bits per heavy atom. The van der Waals surface area contributed by atoms with Crippen LogP contribution < -0.4 is 16.4 Å². The zero-order valence-electron chi connectivity index (χ0n) is 8.58. The van der Waals surface area contributed by atoms with Crippen molar-refractivity contribution in [2.24, 2.45) is 10.9 Å². The molecule has 0 aromatic carbocycles. The van der Waals surface area contributed by atoms with Crippen LogP contribution in [0.5, 0.6) is 0 Å². The van der Waals surface area contributed by atoms with Crippen LogP contribution in [-0.4, -0.2) is 36.6 Å². The summed E-state index contributed by atoms with van der Waals surface area (Å²) in [6.45, 7) is 2.21. The molecule has 0 aliphatic carbocycles. The maximum absolute atomic E-state index is 10.9. The van der Waals surface area contributed by atoms with Gasteiger partial charge in [0.2, 0.25) is 5.91 Å². The summed E-state index contributed by atoms with van der Waals surface area (Å²) in [5.74, 6) is 0.0872. The van der Waals surface area contributed by atoms with Gasteiger partial charge in [-0.2, -0.15) is 0 Å². The van der Waals surface area contributed by atoms with E-state index in [9.17, 15) is 4.79 Å². The molecule has 0 aliphatic heterocycles. The summed E-state index contributed by atoms with van der Waals surface area (Å²) in [6.07, 6.45) is 1.25. The normalized spacial score (nSPS) is 13.7. The molecular formula is C8H18N4O2. The molecule has 0 bridgehead atoms. The number of carbonyl (C=O) groups is 1. The summed E-state index contributed by atoms with van der Waals surface area (Å²) < 4.78 is 0. The Balaban J connectivity index is 3.85. The van der Waals surface area contributed by atoms with Crippen molar-refractivity contribution in [3.05, 3.63) is 0 Å². The summed E-state index contributed by atoms with van der Waals surface area (Å²) in [7, 11) is 1.58. The van der Waals surface area contributed by atoms with Gasteiger partial charge in [0.1, 0.15) is 5.84 Å². The van der Waals surface area contributed by atoms with Crippen molar-refractivity contribution >= 4 is 11.7 Å². The van der Waals surface area contributed by atoms with Crippen LogP contribution in [0.1, 0.15) is 19.8 Å². The molecule has 14 heavy (non-hydrogen) atoms. The number of hydrogen-bond acceptors (Lipinski definition) is 4. The number of amidine groups is 1. The highest BCUT2D eigenvalue weighted by Gasteiger charge is 2.09. The van der Waals surface area contributed by atoms with Gasteiger partial charge in [0.25, 0.3) is 0 Å². The minimum absolute atomic E-state index is 0.0585. The molecule has 1 amide bonds. The van der Waals surface area contributed by atoms with Gasteiger partial charge in [0.15, 0.2) is 0 Å². The SMILES string of the molecule is CCC(CC(N)=NO)NCC(=O)NC. The molecule has 0 heterocycles. The summed E-state index contributed by atoms with van der Waals surface area (Å²) in [6, 6.07) is 0.0585. The van der Waals surface area contributed by atoms with Gasteiger partial charge in [-0.1, -0.05) is 12.1 Å². The molecule has 0 fully saturated rings. The molecule has 82 valence electrons. The molecule has 0 spiro atoms. The molecule has 0 saturated heterocycles. The maximum Gasteiger partial charge on any atom is 0.233 e. The van der Waals surface area contributed by atoms with E-state index in [-0.39, 0.29) is 24.3 Å². The van der Waals surface area contributed by atoms with E-state index in [1.807, 2.05) is 6.92 Å². The van der Waals surface area contributed by atoms with Crippen molar-refractivity contribution in [3.63, 3.8) is 0 Å². The lowest BCUT2D eigenvalue weighted by molar-refractivity contribution is -0.119. The van der Waals surface area contributed by atoms with E-state index < -0.39 is 0 Å². The first kappa shape index (κ1) is 12.7. The molecule has 1 unspecified atom stereocenters. The quantitative estimate of drug-likeness (QED) is 0.197. The van der Waals surface area contributed by atoms with Gasteiger partial charge in [0, 0.05) is 19.5 Å². The fraction of sp³-hybridized carbons (Fsp3) is 0.750. The standard InChI is InChI=1S/C8H18N4O2/c1-3-6(4-7(9)12-14)11-5-8(13)10-2/h6,11,14H,3-5H2,1-2H3,(H2,9,12)(H,10,13). The maximum atomic E-state index is 10.9. The lowest BCUT2D eigenvalue weighted by Gasteiger charge is -2.15. The van der Waals surface area contributed by atoms with Gasteiger partial charge in [-0.15, -0.1) is 0 Å². The van der Waals surface area contributed by atoms with Crippen molar-refractivity contribution in [1.82, 2.24) is 10.6 Å². The van der Waals surface area contributed by atoms with E-state index in [0.717, 1.165) is 6.42 Å². The summed E-state index contributed by atoms with van der Waals surface area (Å²) in [4.78, 5) is 10.9. The van der Waals surface area contributed by atoms with E-state index >= 15 is 0 Å². The number of nitrogens with two attached hydrogens (primary N) is 1. The van der Waals surface area contributed by atoms with E-state index in [1.54, 1.807) is 7.05 Å². The van der Waals surface area contributed by atoms with Crippen LogP contribution in [-0.2, 0) is 4.79 Å². The summed E-state index contributed by atoms with van der Waals surface area (Å²) in [5, 5.41) is 16.7. The minimum atomic E-state index is -0.0806. The van der Waals surface area contributed by atoms with Crippen LogP contribution in [0.4, 0.5) is 0 Å². The zero-order valence-corrected chi connectivity index (χ0v) is 8.58. The molecule has 0 aliphatic rings. The number of likely N-dealkylation sites (N-methyl/N-ethyl adjacent to an activating group) is 1.